The lowest BCUT2D eigenvalue weighted by Crippen LogP contribution is -2.18. The third kappa shape index (κ3) is 4.78. The predicted octanol–water partition coefficient (Wildman–Crippen LogP) is 2.97. The molecule has 1 aromatic heterocycles. The topological polar surface area (TPSA) is 90.3 Å². The Hall–Kier alpha value is -2.13. The molecule has 1 atom stereocenters. The molecule has 1 aliphatic heterocycles. The molecule has 1 aliphatic rings. The van der Waals surface area contributed by atoms with Crippen LogP contribution in [0.4, 0.5) is 5.82 Å². The second-order valence-electron chi connectivity index (χ2n) is 6.38. The van der Waals surface area contributed by atoms with Gasteiger partial charge >= 0.3 is 0 Å². The standard InChI is InChI=1S/C18H20BrN3O4S/c1-12-9-17(22(21-12)15-7-8-27(24,25)11-15)20-18(23)6-3-13-10-14(19)4-5-16(13)26-2/h3-6,9-10,15H,7-8,11H2,1-2H3,(H,20,23)/b6-3+. The van der Waals surface area contributed by atoms with Crippen LogP contribution in [-0.4, -0.2) is 42.7 Å². The highest BCUT2D eigenvalue weighted by Gasteiger charge is 2.31. The van der Waals surface area contributed by atoms with Crippen molar-refractivity contribution in [2.24, 2.45) is 0 Å². The predicted molar refractivity (Wildman–Crippen MR) is 108 cm³/mol. The first-order chi connectivity index (χ1) is 12.8. The number of aromatic nitrogens is 2. The maximum Gasteiger partial charge on any atom is 0.249 e. The molecule has 0 spiro atoms. The number of methoxy groups -OCH3 is 1. The number of anilines is 1. The number of benzene rings is 1. The third-order valence-electron chi connectivity index (χ3n) is 4.27. The average molecular weight is 454 g/mol. The van der Waals surface area contributed by atoms with E-state index in [0.717, 1.165) is 10.0 Å². The zero-order chi connectivity index (χ0) is 19.6. The van der Waals surface area contributed by atoms with E-state index in [9.17, 15) is 13.2 Å². The van der Waals surface area contributed by atoms with Crippen LogP contribution in [0, 0.1) is 6.92 Å². The van der Waals surface area contributed by atoms with Crippen LogP contribution in [0.3, 0.4) is 0 Å². The smallest absolute Gasteiger partial charge is 0.249 e. The van der Waals surface area contributed by atoms with Crippen molar-refractivity contribution < 1.29 is 17.9 Å². The van der Waals surface area contributed by atoms with Gasteiger partial charge in [-0.3, -0.25) is 4.79 Å². The zero-order valence-electron chi connectivity index (χ0n) is 15.0. The molecule has 27 heavy (non-hydrogen) atoms. The number of carbonyl (C=O) groups is 1. The molecule has 1 N–H and O–H groups in total. The molecule has 0 saturated carbocycles. The number of nitrogens with one attached hydrogen (secondary N) is 1. The van der Waals surface area contributed by atoms with Crippen molar-refractivity contribution in [1.29, 1.82) is 0 Å². The molecule has 1 aromatic carbocycles. The molecule has 1 amide bonds. The van der Waals surface area contributed by atoms with Crippen molar-refractivity contribution in [3.8, 4) is 5.75 Å². The fraction of sp³-hybridized carbons (Fsp3) is 0.333. The number of hydrogen-bond acceptors (Lipinski definition) is 5. The largest absolute Gasteiger partial charge is 0.496 e. The van der Waals surface area contributed by atoms with Crippen LogP contribution in [-0.2, 0) is 14.6 Å². The van der Waals surface area contributed by atoms with E-state index in [2.05, 4.69) is 26.3 Å². The number of aryl methyl sites for hydroxylation is 1. The van der Waals surface area contributed by atoms with Gasteiger partial charge in [0.05, 0.1) is 30.4 Å². The molecule has 2 aromatic rings. The maximum absolute atomic E-state index is 12.4. The fourth-order valence-corrected chi connectivity index (χ4v) is 5.10. The quantitative estimate of drug-likeness (QED) is 0.702. The summed E-state index contributed by atoms with van der Waals surface area (Å²) in [4.78, 5) is 12.4. The van der Waals surface area contributed by atoms with Crippen LogP contribution in [0.1, 0.15) is 23.7 Å². The lowest BCUT2D eigenvalue weighted by atomic mass is 10.2. The molecular formula is C18H20BrN3O4S. The van der Waals surface area contributed by atoms with Gasteiger partial charge in [-0.1, -0.05) is 15.9 Å². The van der Waals surface area contributed by atoms with Gasteiger partial charge in [0.2, 0.25) is 5.91 Å². The number of amides is 1. The molecule has 0 aliphatic carbocycles. The summed E-state index contributed by atoms with van der Waals surface area (Å²) < 4.78 is 31.3. The Morgan fingerprint density at radius 3 is 2.85 bits per heavy atom. The first-order valence-corrected chi connectivity index (χ1v) is 11.0. The number of carbonyl (C=O) groups excluding carboxylic acids is 1. The number of ether oxygens (including phenoxy) is 1. The Labute approximate surface area is 166 Å². The zero-order valence-corrected chi connectivity index (χ0v) is 17.4. The van der Waals surface area contributed by atoms with Gasteiger partial charge in [0.25, 0.3) is 0 Å². The SMILES string of the molecule is COc1ccc(Br)cc1/C=C/C(=O)Nc1cc(C)nn1C1CCS(=O)(=O)C1. The molecule has 1 unspecified atom stereocenters. The Morgan fingerprint density at radius 1 is 1.41 bits per heavy atom. The van der Waals surface area contributed by atoms with Gasteiger partial charge in [-0.15, -0.1) is 0 Å². The van der Waals surface area contributed by atoms with Crippen molar-refractivity contribution in [3.05, 3.63) is 46.1 Å². The summed E-state index contributed by atoms with van der Waals surface area (Å²) in [5.41, 5.74) is 1.47. The van der Waals surface area contributed by atoms with Gasteiger partial charge in [0.1, 0.15) is 11.6 Å². The van der Waals surface area contributed by atoms with Crippen molar-refractivity contribution in [2.75, 3.05) is 23.9 Å². The number of nitrogens with zero attached hydrogens (tertiary/aromatic N) is 2. The molecule has 7 nitrogen and oxygen atoms in total. The number of hydrogen-bond donors (Lipinski definition) is 1. The van der Waals surface area contributed by atoms with Crippen molar-refractivity contribution in [2.45, 2.75) is 19.4 Å². The Kier molecular flexibility index (Phi) is 5.71. The van der Waals surface area contributed by atoms with Crippen molar-refractivity contribution in [3.63, 3.8) is 0 Å². The van der Waals surface area contributed by atoms with Crippen LogP contribution in [0.5, 0.6) is 5.75 Å². The minimum absolute atomic E-state index is 0.0437. The van der Waals surface area contributed by atoms with Crippen molar-refractivity contribution >= 4 is 43.6 Å². The molecular weight excluding hydrogens is 434 g/mol. The van der Waals surface area contributed by atoms with Gasteiger partial charge in [-0.2, -0.15) is 5.10 Å². The molecule has 1 saturated heterocycles. The number of halogens is 1. The van der Waals surface area contributed by atoms with Gasteiger partial charge in [-0.25, -0.2) is 13.1 Å². The summed E-state index contributed by atoms with van der Waals surface area (Å²) in [7, 11) is -1.48. The molecule has 2 heterocycles. The second-order valence-corrected chi connectivity index (χ2v) is 9.53. The average Bonchev–Trinajstić information content (AvgIpc) is 3.14. The highest BCUT2D eigenvalue weighted by atomic mass is 79.9. The van der Waals surface area contributed by atoms with Crippen LogP contribution >= 0.6 is 15.9 Å². The highest BCUT2D eigenvalue weighted by molar-refractivity contribution is 9.10. The van der Waals surface area contributed by atoms with Crippen LogP contribution in [0.2, 0.25) is 0 Å². The van der Waals surface area contributed by atoms with Crippen LogP contribution < -0.4 is 10.1 Å². The fourth-order valence-electron chi connectivity index (χ4n) is 3.03. The van der Waals surface area contributed by atoms with Gasteiger partial charge < -0.3 is 10.1 Å². The monoisotopic (exact) mass is 453 g/mol. The summed E-state index contributed by atoms with van der Waals surface area (Å²) in [5, 5.41) is 7.14. The van der Waals surface area contributed by atoms with E-state index in [4.69, 9.17) is 4.74 Å². The second kappa shape index (κ2) is 7.85. The maximum atomic E-state index is 12.4. The Morgan fingerprint density at radius 2 is 2.19 bits per heavy atom. The summed E-state index contributed by atoms with van der Waals surface area (Å²) in [5.74, 6) is 0.998. The van der Waals surface area contributed by atoms with E-state index in [1.54, 1.807) is 36.9 Å². The van der Waals surface area contributed by atoms with Crippen LogP contribution in [0.25, 0.3) is 6.08 Å². The van der Waals surface area contributed by atoms with Gasteiger partial charge in [0, 0.05) is 22.2 Å². The summed E-state index contributed by atoms with van der Waals surface area (Å²) >= 11 is 3.39. The minimum Gasteiger partial charge on any atom is -0.496 e. The van der Waals surface area contributed by atoms with E-state index in [-0.39, 0.29) is 23.5 Å². The van der Waals surface area contributed by atoms with E-state index >= 15 is 0 Å². The normalized spacial score (nSPS) is 18.7. The Balaban J connectivity index is 1.76. The van der Waals surface area contributed by atoms with E-state index in [1.165, 1.54) is 6.08 Å². The summed E-state index contributed by atoms with van der Waals surface area (Å²) in [6.45, 7) is 1.80. The van der Waals surface area contributed by atoms with Crippen molar-refractivity contribution in [1.82, 2.24) is 9.78 Å². The molecule has 3 rings (SSSR count). The summed E-state index contributed by atoms with van der Waals surface area (Å²) in [6.07, 6.45) is 3.56. The van der Waals surface area contributed by atoms with Gasteiger partial charge in [0.15, 0.2) is 9.84 Å². The first kappa shape index (κ1) is 19.6. The number of rotatable bonds is 5. The lowest BCUT2D eigenvalue weighted by Gasteiger charge is -2.13. The van der Waals surface area contributed by atoms with Gasteiger partial charge in [-0.05, 0) is 37.6 Å². The molecule has 144 valence electrons. The molecule has 0 bridgehead atoms. The molecule has 9 heteroatoms. The third-order valence-corrected chi connectivity index (χ3v) is 6.51. The van der Waals surface area contributed by atoms with E-state index < -0.39 is 9.84 Å². The number of sulfone groups is 1. The Bertz CT molecular complexity index is 998. The highest BCUT2D eigenvalue weighted by Crippen LogP contribution is 2.27. The summed E-state index contributed by atoms with van der Waals surface area (Å²) in [6, 6.07) is 6.98. The molecule has 1 fully saturated rings. The first-order valence-electron chi connectivity index (χ1n) is 8.36. The van der Waals surface area contributed by atoms with Crippen LogP contribution in [0.15, 0.2) is 34.8 Å². The molecule has 0 radical (unpaired) electrons. The lowest BCUT2D eigenvalue weighted by molar-refractivity contribution is -0.111. The van der Waals surface area contributed by atoms with E-state index in [0.29, 0.717) is 23.7 Å². The van der Waals surface area contributed by atoms with E-state index in [1.807, 2.05) is 12.1 Å². The minimum atomic E-state index is -3.04.